The van der Waals surface area contributed by atoms with Crippen LogP contribution in [0, 0.1) is 23.7 Å². The molecular weight excluding hydrogens is 869 g/mol. The highest BCUT2D eigenvalue weighted by atomic mass is 16.5. The molecule has 0 atom stereocenters. The van der Waals surface area contributed by atoms with Gasteiger partial charge in [-0.2, -0.15) is 0 Å². The average Bonchev–Trinajstić information content (AvgIpc) is 3.42. The highest BCUT2D eigenvalue weighted by molar-refractivity contribution is 5.87. The molecule has 10 aromatic rings. The minimum atomic E-state index is -0.654. The van der Waals surface area contributed by atoms with Crippen LogP contribution in [0.3, 0.4) is 0 Å². The second-order valence-corrected chi connectivity index (χ2v) is 18.1. The van der Waals surface area contributed by atoms with E-state index < -0.39 is 10.8 Å². The van der Waals surface area contributed by atoms with Gasteiger partial charge in [0.15, 0.2) is 0 Å². The van der Waals surface area contributed by atoms with E-state index in [2.05, 4.69) is 230 Å². The van der Waals surface area contributed by atoms with Crippen molar-refractivity contribution in [2.75, 3.05) is 13.2 Å². The van der Waals surface area contributed by atoms with Crippen LogP contribution in [0.5, 0.6) is 34.5 Å². The first-order valence-corrected chi connectivity index (χ1v) is 24.1. The van der Waals surface area contributed by atoms with E-state index in [0.717, 1.165) is 95.8 Å². The average molecular weight is 917 g/mol. The van der Waals surface area contributed by atoms with E-state index in [1.807, 2.05) is 26.0 Å². The largest absolute Gasteiger partial charge is 0.481 e. The third kappa shape index (κ3) is 7.45. The zero-order valence-electron chi connectivity index (χ0n) is 39.5. The second-order valence-electron chi connectivity index (χ2n) is 18.1. The molecule has 2 aliphatic rings. The maximum Gasteiger partial charge on any atom is 0.149 e. The number of hydrogen-bond acceptors (Lipinski definition) is 4. The third-order valence-corrected chi connectivity index (χ3v) is 14.3. The monoisotopic (exact) mass is 916 g/mol. The van der Waals surface area contributed by atoms with Crippen LogP contribution < -0.4 is 18.9 Å². The van der Waals surface area contributed by atoms with Crippen molar-refractivity contribution in [3.63, 3.8) is 0 Å². The lowest BCUT2D eigenvalue weighted by molar-refractivity contribution is 0.370. The van der Waals surface area contributed by atoms with Gasteiger partial charge < -0.3 is 18.9 Å². The van der Waals surface area contributed by atoms with Crippen LogP contribution in [-0.2, 0) is 17.3 Å². The van der Waals surface area contributed by atoms with Crippen LogP contribution in [0.25, 0.3) is 21.5 Å². The van der Waals surface area contributed by atoms with Gasteiger partial charge in [0.1, 0.15) is 47.7 Å². The fourth-order valence-corrected chi connectivity index (χ4v) is 11.0. The minimum absolute atomic E-state index is 0.360. The lowest BCUT2D eigenvalue weighted by Crippen LogP contribution is -2.34. The molecular formula is C67H48O4. The van der Waals surface area contributed by atoms with Gasteiger partial charge in [0.05, 0.1) is 10.8 Å². The predicted octanol–water partition coefficient (Wildman–Crippen LogP) is 15.4. The standard InChI is InChI=1S/C67H48O4/c1-3-5-39-68-56-37-29-48-42-54(35-27-50(48)44-56)66(58-15-7-11-19-62(58)70-63-20-12-8-16-59(63)66)52-31-23-46(24-32-52)41-47-25-33-53(34-26-47)67(60-17-9-13-21-64(60)71-65-22-14-10-18-61(65)67)55-36-28-51-45-57(69-40-6-4-2)38-30-49(51)43-55/h7-38,42-45H,39-41H2,1-2H3. The SMILES string of the molecule is CC#CCOc1ccc2cc(C3(c4ccc(Cc5ccc(C6(c7ccc8cc(OCC#CC)ccc8c7)c7ccccc7Oc7ccccc76)cc5)cc4)c4ccccc4Oc4ccccc43)ccc2c1. The van der Waals surface area contributed by atoms with Crippen molar-refractivity contribution >= 4 is 21.5 Å². The third-order valence-electron chi connectivity index (χ3n) is 14.3. The zero-order valence-corrected chi connectivity index (χ0v) is 39.5. The van der Waals surface area contributed by atoms with E-state index in [4.69, 9.17) is 18.9 Å². The summed E-state index contributed by atoms with van der Waals surface area (Å²) in [6.07, 6.45) is 0.765. The van der Waals surface area contributed by atoms with Gasteiger partial charge in [0.25, 0.3) is 0 Å². The van der Waals surface area contributed by atoms with Gasteiger partial charge in [-0.1, -0.05) is 170 Å². The van der Waals surface area contributed by atoms with E-state index in [0.29, 0.717) is 13.2 Å². The Morgan fingerprint density at radius 1 is 0.352 bits per heavy atom. The van der Waals surface area contributed by atoms with Crippen molar-refractivity contribution in [2.45, 2.75) is 31.1 Å². The fraction of sp³-hybridized carbons (Fsp3) is 0.104. The molecule has 0 radical (unpaired) electrons. The number of hydrogen-bond donors (Lipinski definition) is 0. The number of rotatable bonds is 10. The van der Waals surface area contributed by atoms with Gasteiger partial charge >= 0.3 is 0 Å². The van der Waals surface area contributed by atoms with E-state index >= 15 is 0 Å². The smallest absolute Gasteiger partial charge is 0.149 e. The molecule has 0 N–H and O–H groups in total. The number of ether oxygens (including phenoxy) is 4. The Kier molecular flexibility index (Phi) is 11.1. The van der Waals surface area contributed by atoms with Crippen molar-refractivity contribution in [3.05, 3.63) is 274 Å². The number of para-hydroxylation sites is 4. The van der Waals surface area contributed by atoms with Crippen LogP contribution in [0.4, 0.5) is 0 Å². The molecule has 0 aromatic heterocycles. The van der Waals surface area contributed by atoms with Gasteiger partial charge in [-0.15, -0.1) is 11.8 Å². The molecule has 71 heavy (non-hydrogen) atoms. The van der Waals surface area contributed by atoms with Crippen molar-refractivity contribution in [3.8, 4) is 58.2 Å². The molecule has 10 aromatic carbocycles. The van der Waals surface area contributed by atoms with E-state index in [1.54, 1.807) is 0 Å². The summed E-state index contributed by atoms with van der Waals surface area (Å²) in [5.74, 6) is 16.8. The maximum absolute atomic E-state index is 6.65. The van der Waals surface area contributed by atoms with E-state index in [-0.39, 0.29) is 0 Å². The molecule has 0 unspecified atom stereocenters. The second kappa shape index (κ2) is 18.2. The molecule has 4 nitrogen and oxygen atoms in total. The Bertz CT molecular complexity index is 3450. The van der Waals surface area contributed by atoms with Gasteiger partial charge in [-0.05, 0) is 136 Å². The van der Waals surface area contributed by atoms with Crippen LogP contribution in [0.2, 0.25) is 0 Å². The Balaban J connectivity index is 0.928. The Morgan fingerprint density at radius 3 is 1.04 bits per heavy atom. The molecule has 4 heteroatoms. The molecule has 0 saturated carbocycles. The zero-order chi connectivity index (χ0) is 47.8. The molecule has 340 valence electrons. The van der Waals surface area contributed by atoms with Gasteiger partial charge in [-0.25, -0.2) is 0 Å². The lowest BCUT2D eigenvalue weighted by atomic mass is 9.63. The molecule has 2 aliphatic heterocycles. The van der Waals surface area contributed by atoms with Crippen LogP contribution in [0.15, 0.2) is 218 Å². The molecule has 0 fully saturated rings. The lowest BCUT2D eigenvalue weighted by Gasteiger charge is -2.41. The summed E-state index contributed by atoms with van der Waals surface area (Å²) < 4.78 is 25.2. The Labute approximate surface area is 415 Å². The fourth-order valence-electron chi connectivity index (χ4n) is 11.0. The molecule has 0 aliphatic carbocycles. The minimum Gasteiger partial charge on any atom is -0.481 e. The summed E-state index contributed by atoms with van der Waals surface area (Å²) in [6, 6.07) is 78.5. The summed E-state index contributed by atoms with van der Waals surface area (Å²) in [5.41, 5.74) is 10.2. The van der Waals surface area contributed by atoms with Gasteiger partial charge in [0.2, 0.25) is 0 Å². The van der Waals surface area contributed by atoms with Crippen LogP contribution >= 0.6 is 0 Å². The molecule has 0 bridgehead atoms. The highest BCUT2D eigenvalue weighted by Gasteiger charge is 2.47. The van der Waals surface area contributed by atoms with Crippen molar-refractivity contribution in [1.82, 2.24) is 0 Å². The summed E-state index contributed by atoms with van der Waals surface area (Å²) in [6.45, 7) is 4.37. The highest BCUT2D eigenvalue weighted by Crippen LogP contribution is 2.57. The summed E-state index contributed by atoms with van der Waals surface area (Å²) >= 11 is 0. The van der Waals surface area contributed by atoms with Gasteiger partial charge in [0, 0.05) is 22.3 Å². The van der Waals surface area contributed by atoms with Crippen LogP contribution in [-0.4, -0.2) is 13.2 Å². The molecule has 12 rings (SSSR count). The molecule has 0 amide bonds. The molecule has 0 spiro atoms. The van der Waals surface area contributed by atoms with E-state index in [9.17, 15) is 0 Å². The summed E-state index contributed by atoms with van der Waals surface area (Å²) in [5, 5.41) is 4.47. The maximum atomic E-state index is 6.65. The Hall–Kier alpha value is -8.96. The first kappa shape index (κ1) is 43.3. The van der Waals surface area contributed by atoms with Crippen molar-refractivity contribution < 1.29 is 18.9 Å². The van der Waals surface area contributed by atoms with Crippen LogP contribution in [0.1, 0.15) is 69.5 Å². The normalized spacial score (nSPS) is 13.3. The predicted molar refractivity (Wildman–Crippen MR) is 285 cm³/mol. The number of fused-ring (bicyclic) bond motifs is 6. The van der Waals surface area contributed by atoms with Gasteiger partial charge in [-0.3, -0.25) is 0 Å². The summed E-state index contributed by atoms with van der Waals surface area (Å²) in [7, 11) is 0. The Morgan fingerprint density at radius 2 is 0.676 bits per heavy atom. The molecule has 0 saturated heterocycles. The quantitative estimate of drug-likeness (QED) is 0.128. The number of benzene rings is 10. The van der Waals surface area contributed by atoms with Crippen molar-refractivity contribution in [2.24, 2.45) is 0 Å². The van der Waals surface area contributed by atoms with E-state index in [1.165, 1.54) is 22.3 Å². The molecule has 2 heterocycles. The first-order valence-electron chi connectivity index (χ1n) is 24.1. The van der Waals surface area contributed by atoms with Crippen molar-refractivity contribution in [1.29, 1.82) is 0 Å². The summed E-state index contributed by atoms with van der Waals surface area (Å²) in [4.78, 5) is 0. The first-order chi connectivity index (χ1) is 35.1. The topological polar surface area (TPSA) is 36.9 Å².